The molecule has 9 heteroatoms. The molecule has 0 unspecified atom stereocenters. The fourth-order valence-electron chi connectivity index (χ4n) is 4.80. The van der Waals surface area contributed by atoms with Gasteiger partial charge in [0.05, 0.1) is 18.1 Å². The first kappa shape index (κ1) is 30.7. The molecule has 1 fully saturated rings. The first-order valence-corrected chi connectivity index (χ1v) is 13.6. The first-order chi connectivity index (χ1) is 17.8. The Morgan fingerprint density at radius 2 is 1.78 bits per heavy atom. The Balaban J connectivity index is 2.02. The summed E-state index contributed by atoms with van der Waals surface area (Å²) in [7, 11) is 1.67. The third-order valence-corrected chi connectivity index (χ3v) is 7.37. The molecule has 0 saturated carbocycles. The molecule has 0 bridgehead atoms. The van der Waals surface area contributed by atoms with Gasteiger partial charge in [0.25, 0.3) is 0 Å². The molecule has 1 aromatic carbocycles. The molecule has 0 aromatic heterocycles. The van der Waals surface area contributed by atoms with E-state index < -0.39 is 17.7 Å². The molecule has 1 aliphatic heterocycles. The number of carbonyl (C=O) groups excluding carboxylic acids is 3. The van der Waals surface area contributed by atoms with Gasteiger partial charge in [-0.15, -0.1) is 0 Å². The van der Waals surface area contributed by atoms with Gasteiger partial charge in [-0.25, -0.2) is 9.69 Å². The van der Waals surface area contributed by atoms with E-state index in [9.17, 15) is 14.4 Å². The molecule has 37 heavy (non-hydrogen) atoms. The van der Waals surface area contributed by atoms with E-state index in [0.29, 0.717) is 32.5 Å². The van der Waals surface area contributed by atoms with Crippen LogP contribution in [-0.4, -0.2) is 80.4 Å². The Morgan fingerprint density at radius 1 is 1.11 bits per heavy atom. The molecular formula is C28H46N4O5. The van der Waals surface area contributed by atoms with Gasteiger partial charge >= 0.3 is 6.03 Å². The highest BCUT2D eigenvalue weighted by atomic mass is 16.5. The molecular weight excluding hydrogens is 472 g/mol. The van der Waals surface area contributed by atoms with Crippen LogP contribution in [0.5, 0.6) is 0 Å². The largest absolute Gasteiger partial charge is 0.383 e. The predicted molar refractivity (Wildman–Crippen MR) is 144 cm³/mol. The van der Waals surface area contributed by atoms with Crippen molar-refractivity contribution in [1.29, 1.82) is 0 Å². The normalized spacial score (nSPS) is 17.4. The zero-order valence-corrected chi connectivity index (χ0v) is 23.5. The number of nitrogens with zero attached hydrogens (tertiary/aromatic N) is 2. The summed E-state index contributed by atoms with van der Waals surface area (Å²) < 4.78 is 11.1. The minimum atomic E-state index is -0.805. The van der Waals surface area contributed by atoms with E-state index in [-0.39, 0.29) is 24.5 Å². The van der Waals surface area contributed by atoms with E-state index in [4.69, 9.17) is 9.47 Å². The molecule has 0 radical (unpaired) electrons. The van der Waals surface area contributed by atoms with Gasteiger partial charge in [-0.2, -0.15) is 0 Å². The Morgan fingerprint density at radius 3 is 2.35 bits per heavy atom. The summed E-state index contributed by atoms with van der Waals surface area (Å²) in [6, 6.07) is 7.34. The van der Waals surface area contributed by atoms with Crippen molar-refractivity contribution in [1.82, 2.24) is 20.4 Å². The van der Waals surface area contributed by atoms with Crippen LogP contribution in [0.4, 0.5) is 4.79 Å². The molecule has 9 nitrogen and oxygen atoms in total. The Bertz CT molecular complexity index is 872. The number of hydrogen-bond donors (Lipinski definition) is 2. The summed E-state index contributed by atoms with van der Waals surface area (Å²) in [6.07, 6.45) is 1.90. The lowest BCUT2D eigenvalue weighted by atomic mass is 9.72. The zero-order valence-electron chi connectivity index (χ0n) is 23.5. The number of ether oxygens (including phenoxy) is 2. The lowest BCUT2D eigenvalue weighted by Gasteiger charge is -2.53. The van der Waals surface area contributed by atoms with E-state index in [1.165, 1.54) is 0 Å². The number of imide groups is 1. The first-order valence-electron chi connectivity index (χ1n) is 13.6. The lowest BCUT2D eigenvalue weighted by Crippen LogP contribution is -2.72. The average molecular weight is 519 g/mol. The molecule has 4 amide bonds. The van der Waals surface area contributed by atoms with Crippen molar-refractivity contribution >= 4 is 17.8 Å². The van der Waals surface area contributed by atoms with Gasteiger partial charge in [0.15, 0.2) is 6.23 Å². The second-order valence-corrected chi connectivity index (χ2v) is 9.68. The van der Waals surface area contributed by atoms with Crippen LogP contribution in [0.25, 0.3) is 0 Å². The molecule has 1 saturated heterocycles. The second kappa shape index (κ2) is 15.1. The SMILES string of the molecule is CCC[C@@H](NC(=O)N1C(=O)C(CC)(CC)[C@@H]1OCC(=O)NCCN(CC)CCOC)c1ccc(C)cc1. The molecule has 0 aliphatic carbocycles. The standard InChI is InChI=1S/C28H46N4O5/c1-7-11-23(22-14-12-21(5)13-15-22)30-27(35)32-25(34)28(8-2,9-3)26(32)37-20-24(33)29-16-17-31(10-4)18-19-36-6/h12-15,23,26H,7-11,16-20H2,1-6H3,(H,29,33)(H,30,35)/t23-,26+/m1/s1. The third kappa shape index (κ3) is 7.75. The fourth-order valence-corrected chi connectivity index (χ4v) is 4.80. The quantitative estimate of drug-likeness (QED) is 0.324. The summed E-state index contributed by atoms with van der Waals surface area (Å²) in [5, 5.41) is 5.90. The summed E-state index contributed by atoms with van der Waals surface area (Å²) in [5.41, 5.74) is 1.33. The van der Waals surface area contributed by atoms with Crippen LogP contribution in [0.3, 0.4) is 0 Å². The number of aryl methyl sites for hydroxylation is 1. The van der Waals surface area contributed by atoms with Crippen LogP contribution in [0, 0.1) is 12.3 Å². The van der Waals surface area contributed by atoms with Gasteiger partial charge in [-0.1, -0.05) is 63.9 Å². The van der Waals surface area contributed by atoms with Gasteiger partial charge in [0.2, 0.25) is 11.8 Å². The zero-order chi connectivity index (χ0) is 27.4. The highest BCUT2D eigenvalue weighted by molar-refractivity contribution is 6.03. The van der Waals surface area contributed by atoms with Gasteiger partial charge in [0.1, 0.15) is 6.61 Å². The van der Waals surface area contributed by atoms with Gasteiger partial charge < -0.3 is 20.1 Å². The number of urea groups is 1. The van der Waals surface area contributed by atoms with Crippen molar-refractivity contribution in [2.24, 2.45) is 5.41 Å². The average Bonchev–Trinajstić information content (AvgIpc) is 2.89. The Hall–Kier alpha value is -2.49. The summed E-state index contributed by atoms with van der Waals surface area (Å²) >= 11 is 0. The molecule has 208 valence electrons. The van der Waals surface area contributed by atoms with Crippen LogP contribution in [-0.2, 0) is 19.1 Å². The number of nitrogens with one attached hydrogen (secondary N) is 2. The maximum atomic E-state index is 13.3. The number of likely N-dealkylation sites (tertiary alicyclic amines) is 1. The number of carbonyl (C=O) groups is 3. The van der Waals surface area contributed by atoms with E-state index >= 15 is 0 Å². The number of rotatable bonds is 16. The summed E-state index contributed by atoms with van der Waals surface area (Å²) in [5.74, 6) is -0.525. The van der Waals surface area contributed by atoms with Gasteiger partial charge in [-0.05, 0) is 38.3 Å². The molecule has 1 heterocycles. The topological polar surface area (TPSA) is 100 Å². The number of likely N-dealkylation sites (N-methyl/N-ethyl adjacent to an activating group) is 1. The van der Waals surface area contributed by atoms with Crippen molar-refractivity contribution in [3.05, 3.63) is 35.4 Å². The molecule has 2 atom stereocenters. The lowest BCUT2D eigenvalue weighted by molar-refractivity contribution is -0.210. The predicted octanol–water partition coefficient (Wildman–Crippen LogP) is 3.62. The molecule has 1 aromatic rings. The van der Waals surface area contributed by atoms with Crippen molar-refractivity contribution in [2.45, 2.75) is 72.6 Å². The van der Waals surface area contributed by atoms with Crippen LogP contribution in [0.1, 0.15) is 70.5 Å². The van der Waals surface area contributed by atoms with Crippen molar-refractivity contribution in [2.75, 3.05) is 46.5 Å². The molecule has 1 aliphatic rings. The van der Waals surface area contributed by atoms with Crippen LogP contribution in [0.15, 0.2) is 24.3 Å². The number of β-lactam (4-membered cyclic amide) rings is 1. The minimum Gasteiger partial charge on any atom is -0.383 e. The molecule has 2 rings (SSSR count). The van der Waals surface area contributed by atoms with Crippen molar-refractivity contribution in [3.8, 4) is 0 Å². The maximum absolute atomic E-state index is 13.3. The second-order valence-electron chi connectivity index (χ2n) is 9.68. The summed E-state index contributed by atoms with van der Waals surface area (Å²) in [6.45, 7) is 13.2. The Labute approximate surface area is 222 Å². The monoisotopic (exact) mass is 518 g/mol. The van der Waals surface area contributed by atoms with Gasteiger partial charge in [0, 0.05) is 26.7 Å². The van der Waals surface area contributed by atoms with E-state index in [1.54, 1.807) is 7.11 Å². The number of methoxy groups -OCH3 is 1. The summed E-state index contributed by atoms with van der Waals surface area (Å²) in [4.78, 5) is 42.3. The highest BCUT2D eigenvalue weighted by Crippen LogP contribution is 2.46. The molecule has 0 spiro atoms. The van der Waals surface area contributed by atoms with Crippen molar-refractivity contribution < 1.29 is 23.9 Å². The highest BCUT2D eigenvalue weighted by Gasteiger charge is 2.62. The van der Waals surface area contributed by atoms with Crippen molar-refractivity contribution in [3.63, 3.8) is 0 Å². The smallest absolute Gasteiger partial charge is 0.326 e. The minimum absolute atomic E-state index is 0.215. The van der Waals surface area contributed by atoms with Gasteiger partial charge in [-0.3, -0.25) is 14.5 Å². The van der Waals surface area contributed by atoms with Crippen LogP contribution >= 0.6 is 0 Å². The molecule has 2 N–H and O–H groups in total. The maximum Gasteiger partial charge on any atom is 0.326 e. The van der Waals surface area contributed by atoms with E-state index in [1.807, 2.05) is 45.0 Å². The van der Waals surface area contributed by atoms with Crippen LogP contribution < -0.4 is 10.6 Å². The number of amides is 4. The van der Waals surface area contributed by atoms with Crippen LogP contribution in [0.2, 0.25) is 0 Å². The number of benzene rings is 1. The van der Waals surface area contributed by atoms with E-state index in [0.717, 1.165) is 42.0 Å². The van der Waals surface area contributed by atoms with E-state index in [2.05, 4.69) is 29.4 Å². The fraction of sp³-hybridized carbons (Fsp3) is 0.679. The third-order valence-electron chi connectivity index (χ3n) is 7.37. The number of hydrogen-bond acceptors (Lipinski definition) is 6. The Kier molecular flexibility index (Phi) is 12.5.